The lowest BCUT2D eigenvalue weighted by atomic mass is 10.1. The van der Waals surface area contributed by atoms with Crippen LogP contribution in [0.1, 0.15) is 31.5 Å². The molecule has 1 N–H and O–H groups in total. The molecule has 1 aliphatic heterocycles. The minimum Gasteiger partial charge on any atom is -0.375 e. The van der Waals surface area contributed by atoms with Gasteiger partial charge in [0.25, 0.3) is 0 Å². The first-order valence-corrected chi connectivity index (χ1v) is 7.55. The molecular weight excluding hydrogens is 268 g/mol. The molecule has 1 aromatic heterocycles. The topological polar surface area (TPSA) is 61.5 Å². The van der Waals surface area contributed by atoms with Crippen molar-refractivity contribution in [2.24, 2.45) is 0 Å². The van der Waals surface area contributed by atoms with Crippen molar-refractivity contribution in [3.8, 4) is 0 Å². The van der Waals surface area contributed by atoms with E-state index in [0.717, 1.165) is 24.3 Å². The average molecular weight is 294 g/mol. The van der Waals surface area contributed by atoms with Gasteiger partial charge in [-0.2, -0.15) is 5.10 Å². The van der Waals surface area contributed by atoms with Crippen molar-refractivity contribution in [3.63, 3.8) is 0 Å². The van der Waals surface area contributed by atoms with Gasteiger partial charge in [0.15, 0.2) is 0 Å². The molecule has 118 valence electrons. The van der Waals surface area contributed by atoms with Gasteiger partial charge in [-0.15, -0.1) is 0 Å². The number of aryl methyl sites for hydroxylation is 1. The molecule has 1 amide bonds. The Morgan fingerprint density at radius 1 is 1.62 bits per heavy atom. The van der Waals surface area contributed by atoms with Gasteiger partial charge in [-0.05, 0) is 20.8 Å². The highest BCUT2D eigenvalue weighted by molar-refractivity contribution is 5.76. The van der Waals surface area contributed by atoms with Gasteiger partial charge >= 0.3 is 0 Å². The lowest BCUT2D eigenvalue weighted by Gasteiger charge is -2.35. The number of amides is 1. The molecule has 2 heterocycles. The maximum absolute atomic E-state index is 12.3. The molecule has 2 rings (SSSR count). The van der Waals surface area contributed by atoms with Gasteiger partial charge in [0.1, 0.15) is 0 Å². The summed E-state index contributed by atoms with van der Waals surface area (Å²) in [7, 11) is 1.83. The fourth-order valence-corrected chi connectivity index (χ4v) is 2.56. The van der Waals surface area contributed by atoms with E-state index < -0.39 is 0 Å². The van der Waals surface area contributed by atoms with E-state index in [4.69, 9.17) is 4.74 Å². The summed E-state index contributed by atoms with van der Waals surface area (Å²) in [6.45, 7) is 9.40. The first kappa shape index (κ1) is 16.0. The average Bonchev–Trinajstić information content (AvgIpc) is 2.84. The summed E-state index contributed by atoms with van der Waals surface area (Å²) in [5.41, 5.74) is 2.06. The Morgan fingerprint density at radius 3 is 3.00 bits per heavy atom. The number of ether oxygens (including phenoxy) is 1. The van der Waals surface area contributed by atoms with Crippen molar-refractivity contribution >= 4 is 5.91 Å². The number of nitrogens with zero attached hydrogens (tertiary/aromatic N) is 3. The molecule has 21 heavy (non-hydrogen) atoms. The summed E-state index contributed by atoms with van der Waals surface area (Å²) in [6, 6.07) is 0.498. The number of morpholine rings is 1. The second-order valence-corrected chi connectivity index (χ2v) is 6.06. The first-order valence-electron chi connectivity index (χ1n) is 7.55. The Labute approximate surface area is 126 Å². The Balaban J connectivity index is 1.84. The van der Waals surface area contributed by atoms with Crippen molar-refractivity contribution in [3.05, 3.63) is 17.5 Å². The second kappa shape index (κ2) is 7.04. The third-order valence-electron chi connectivity index (χ3n) is 4.07. The van der Waals surface area contributed by atoms with Crippen molar-refractivity contribution in [2.45, 2.75) is 45.9 Å². The van der Waals surface area contributed by atoms with Crippen LogP contribution in [0.15, 0.2) is 6.20 Å². The number of carbonyl (C=O) groups excluding carboxylic acids is 1. The van der Waals surface area contributed by atoms with Crippen LogP contribution in [0.4, 0.5) is 0 Å². The summed E-state index contributed by atoms with van der Waals surface area (Å²) >= 11 is 0. The van der Waals surface area contributed by atoms with Crippen LogP contribution in [-0.4, -0.2) is 64.8 Å². The number of carbonyl (C=O) groups is 1. The van der Waals surface area contributed by atoms with Gasteiger partial charge in [0.05, 0.1) is 25.3 Å². The van der Waals surface area contributed by atoms with E-state index in [1.165, 1.54) is 0 Å². The molecule has 1 unspecified atom stereocenters. The maximum atomic E-state index is 12.3. The monoisotopic (exact) mass is 294 g/mol. The predicted molar refractivity (Wildman–Crippen MR) is 80.9 cm³/mol. The Hall–Kier alpha value is -1.40. The van der Waals surface area contributed by atoms with E-state index in [9.17, 15) is 4.79 Å². The zero-order valence-electron chi connectivity index (χ0n) is 13.4. The van der Waals surface area contributed by atoms with Crippen LogP contribution in [0.5, 0.6) is 0 Å². The van der Waals surface area contributed by atoms with E-state index in [2.05, 4.69) is 28.9 Å². The molecule has 0 aliphatic carbocycles. The molecule has 0 spiro atoms. The summed E-state index contributed by atoms with van der Waals surface area (Å²) < 4.78 is 5.73. The molecule has 1 fully saturated rings. The third kappa shape index (κ3) is 4.28. The standard InChI is InChI=1S/C15H26N4O2/c1-11(2)19-5-6-21-14(10-19)7-15(20)18(4)9-13-8-16-17-12(13)3/h8,11,14H,5-7,9-10H2,1-4H3,(H,16,17). The van der Waals surface area contributed by atoms with Gasteiger partial charge < -0.3 is 9.64 Å². The van der Waals surface area contributed by atoms with Crippen molar-refractivity contribution < 1.29 is 9.53 Å². The molecule has 1 aliphatic rings. The molecule has 0 bridgehead atoms. The fraction of sp³-hybridized carbons (Fsp3) is 0.733. The molecule has 6 heteroatoms. The zero-order valence-corrected chi connectivity index (χ0v) is 13.4. The van der Waals surface area contributed by atoms with Crippen LogP contribution in [-0.2, 0) is 16.1 Å². The number of H-pyrrole nitrogens is 1. The van der Waals surface area contributed by atoms with Gasteiger partial charge in [-0.1, -0.05) is 0 Å². The second-order valence-electron chi connectivity index (χ2n) is 6.06. The highest BCUT2D eigenvalue weighted by Gasteiger charge is 2.25. The third-order valence-corrected chi connectivity index (χ3v) is 4.07. The highest BCUT2D eigenvalue weighted by atomic mass is 16.5. The van der Waals surface area contributed by atoms with Crippen molar-refractivity contribution in [1.29, 1.82) is 0 Å². The smallest absolute Gasteiger partial charge is 0.225 e. The number of aromatic amines is 1. The van der Waals surface area contributed by atoms with Crippen LogP contribution in [0.2, 0.25) is 0 Å². The summed E-state index contributed by atoms with van der Waals surface area (Å²) in [4.78, 5) is 16.4. The molecule has 1 saturated heterocycles. The molecule has 6 nitrogen and oxygen atoms in total. The molecule has 1 atom stereocenters. The van der Waals surface area contributed by atoms with Gasteiger partial charge in [0, 0.05) is 44.0 Å². The minimum absolute atomic E-state index is 0.00143. The lowest BCUT2D eigenvalue weighted by molar-refractivity contribution is -0.135. The number of nitrogens with one attached hydrogen (secondary N) is 1. The maximum Gasteiger partial charge on any atom is 0.225 e. The van der Waals surface area contributed by atoms with Crippen LogP contribution < -0.4 is 0 Å². The largest absolute Gasteiger partial charge is 0.375 e. The minimum atomic E-state index is 0.00143. The van der Waals surface area contributed by atoms with E-state index in [1.807, 2.05) is 14.0 Å². The van der Waals surface area contributed by atoms with Gasteiger partial charge in [-0.3, -0.25) is 14.8 Å². The van der Waals surface area contributed by atoms with Crippen LogP contribution in [0.3, 0.4) is 0 Å². The van der Waals surface area contributed by atoms with Gasteiger partial charge in [0.2, 0.25) is 5.91 Å². The van der Waals surface area contributed by atoms with E-state index >= 15 is 0 Å². The van der Waals surface area contributed by atoms with Crippen molar-refractivity contribution in [1.82, 2.24) is 20.0 Å². The molecule has 0 aromatic carbocycles. The summed E-state index contributed by atoms with van der Waals surface area (Å²) in [5, 5.41) is 6.88. The van der Waals surface area contributed by atoms with E-state index in [1.54, 1.807) is 11.1 Å². The van der Waals surface area contributed by atoms with Crippen LogP contribution >= 0.6 is 0 Å². The first-order chi connectivity index (χ1) is 9.97. The van der Waals surface area contributed by atoms with E-state index in [-0.39, 0.29) is 12.0 Å². The SMILES string of the molecule is Cc1[nH]ncc1CN(C)C(=O)CC1CN(C(C)C)CCO1. The predicted octanol–water partition coefficient (Wildman–Crippen LogP) is 1.18. The van der Waals surface area contributed by atoms with Crippen LogP contribution in [0.25, 0.3) is 0 Å². The number of aromatic nitrogens is 2. The van der Waals surface area contributed by atoms with E-state index in [0.29, 0.717) is 25.6 Å². The number of rotatable bonds is 5. The Bertz CT molecular complexity index is 472. The Kier molecular flexibility index (Phi) is 5.36. The Morgan fingerprint density at radius 2 is 2.38 bits per heavy atom. The van der Waals surface area contributed by atoms with Crippen molar-refractivity contribution in [2.75, 3.05) is 26.7 Å². The van der Waals surface area contributed by atoms with Gasteiger partial charge in [-0.25, -0.2) is 0 Å². The number of hydrogen-bond donors (Lipinski definition) is 1. The molecule has 1 aromatic rings. The number of hydrogen-bond acceptors (Lipinski definition) is 4. The summed E-state index contributed by atoms with van der Waals surface area (Å²) in [6.07, 6.45) is 2.22. The van der Waals surface area contributed by atoms with Crippen LogP contribution in [0, 0.1) is 6.92 Å². The normalized spacial score (nSPS) is 20.0. The quantitative estimate of drug-likeness (QED) is 0.886. The molecule has 0 saturated carbocycles. The fourth-order valence-electron chi connectivity index (χ4n) is 2.56. The molecule has 0 radical (unpaired) electrons. The highest BCUT2D eigenvalue weighted by Crippen LogP contribution is 2.14. The molecular formula is C15H26N4O2. The summed E-state index contributed by atoms with van der Waals surface area (Å²) in [5.74, 6) is 0.117. The zero-order chi connectivity index (χ0) is 15.4. The lowest BCUT2D eigenvalue weighted by Crippen LogP contribution is -2.47.